The number of halogens is 1. The predicted molar refractivity (Wildman–Crippen MR) is 129 cm³/mol. The minimum Gasteiger partial charge on any atom is -0.354 e. The average molecular weight is 547 g/mol. The summed E-state index contributed by atoms with van der Waals surface area (Å²) >= 11 is 0. The lowest BCUT2D eigenvalue weighted by atomic mass is 10.1. The third-order valence-corrected chi connectivity index (χ3v) is 7.03. The van der Waals surface area contributed by atoms with Crippen LogP contribution >= 0.6 is 24.0 Å². The molecule has 1 aromatic carbocycles. The highest BCUT2D eigenvalue weighted by molar-refractivity contribution is 14.0. The van der Waals surface area contributed by atoms with Crippen molar-refractivity contribution in [3.8, 4) is 11.4 Å². The topological polar surface area (TPSA) is 115 Å². The molecule has 0 amide bonds. The van der Waals surface area contributed by atoms with Gasteiger partial charge < -0.3 is 10.6 Å². The highest BCUT2D eigenvalue weighted by atomic mass is 127. The maximum atomic E-state index is 12.2. The van der Waals surface area contributed by atoms with E-state index in [-0.39, 0.29) is 35.8 Å². The smallest absolute Gasteiger partial charge is 0.214 e. The second-order valence-corrected chi connectivity index (χ2v) is 9.18. The van der Waals surface area contributed by atoms with Crippen molar-refractivity contribution in [2.75, 3.05) is 25.9 Å². The van der Waals surface area contributed by atoms with Crippen LogP contribution in [0.15, 0.2) is 35.6 Å². The van der Waals surface area contributed by atoms with Crippen LogP contribution in [0.4, 0.5) is 0 Å². The molecule has 0 atom stereocenters. The number of aromatic amines is 1. The number of hydrogen-bond acceptors (Lipinski definition) is 5. The minimum atomic E-state index is -3.11. The zero-order valence-corrected chi connectivity index (χ0v) is 20.5. The summed E-state index contributed by atoms with van der Waals surface area (Å²) in [5.74, 6) is 1.67. The second-order valence-electron chi connectivity index (χ2n) is 7.09. The molecule has 30 heavy (non-hydrogen) atoms. The SMILES string of the molecule is CCCS(=O)(=O)N1CCC(NC(=NC)NCc2cccc(-c3ncn[nH]3)c2)CC1.I. The zero-order valence-electron chi connectivity index (χ0n) is 17.3. The van der Waals surface area contributed by atoms with Crippen LogP contribution in [0.25, 0.3) is 11.4 Å². The van der Waals surface area contributed by atoms with Crippen molar-refractivity contribution in [3.05, 3.63) is 36.2 Å². The number of nitrogens with zero attached hydrogens (tertiary/aromatic N) is 4. The molecule has 9 nitrogen and oxygen atoms in total. The van der Waals surface area contributed by atoms with Crippen LogP contribution in [0.2, 0.25) is 0 Å². The molecular weight excluding hydrogens is 517 g/mol. The van der Waals surface area contributed by atoms with Gasteiger partial charge >= 0.3 is 0 Å². The molecule has 1 saturated heterocycles. The van der Waals surface area contributed by atoms with Crippen molar-refractivity contribution in [1.29, 1.82) is 0 Å². The van der Waals surface area contributed by atoms with Crippen LogP contribution in [0.3, 0.4) is 0 Å². The van der Waals surface area contributed by atoms with Gasteiger partial charge in [-0.25, -0.2) is 17.7 Å². The number of aliphatic imine (C=N–C) groups is 1. The van der Waals surface area contributed by atoms with Crippen molar-refractivity contribution < 1.29 is 8.42 Å². The minimum absolute atomic E-state index is 0. The van der Waals surface area contributed by atoms with Gasteiger partial charge in [-0.05, 0) is 30.9 Å². The molecule has 3 rings (SSSR count). The number of guanidine groups is 1. The summed E-state index contributed by atoms with van der Waals surface area (Å²) in [6, 6.07) is 8.26. The third kappa shape index (κ3) is 6.64. The van der Waals surface area contributed by atoms with Gasteiger partial charge in [0.25, 0.3) is 0 Å². The summed E-state index contributed by atoms with van der Waals surface area (Å²) in [5, 5.41) is 13.5. The number of sulfonamides is 1. The average Bonchev–Trinajstić information content (AvgIpc) is 3.26. The first kappa shape index (κ1) is 24.5. The van der Waals surface area contributed by atoms with Crippen LogP contribution < -0.4 is 10.6 Å². The van der Waals surface area contributed by atoms with Crippen molar-refractivity contribution in [1.82, 2.24) is 30.1 Å². The lowest BCUT2D eigenvalue weighted by Gasteiger charge is -2.32. The number of aromatic nitrogens is 3. The zero-order chi connectivity index (χ0) is 20.7. The van der Waals surface area contributed by atoms with Gasteiger partial charge in [0.05, 0.1) is 5.75 Å². The molecule has 11 heteroatoms. The fourth-order valence-electron chi connectivity index (χ4n) is 3.41. The van der Waals surface area contributed by atoms with Crippen LogP contribution in [-0.2, 0) is 16.6 Å². The number of H-pyrrole nitrogens is 1. The van der Waals surface area contributed by atoms with E-state index in [0.717, 1.165) is 29.8 Å². The van der Waals surface area contributed by atoms with Crippen LogP contribution in [-0.4, -0.2) is 65.8 Å². The highest BCUT2D eigenvalue weighted by Crippen LogP contribution is 2.16. The Bertz CT molecular complexity index is 911. The summed E-state index contributed by atoms with van der Waals surface area (Å²) < 4.78 is 26.0. The van der Waals surface area contributed by atoms with Gasteiger partial charge in [-0.15, -0.1) is 24.0 Å². The van der Waals surface area contributed by atoms with Crippen LogP contribution in [0, 0.1) is 0 Å². The molecular formula is C19H30IN7O2S. The number of benzene rings is 1. The molecule has 0 spiro atoms. The van der Waals surface area contributed by atoms with E-state index in [0.29, 0.717) is 32.0 Å². The van der Waals surface area contributed by atoms with E-state index in [4.69, 9.17) is 0 Å². The Morgan fingerprint density at radius 1 is 1.33 bits per heavy atom. The molecule has 0 radical (unpaired) electrons. The van der Waals surface area contributed by atoms with Crippen LogP contribution in [0.1, 0.15) is 31.7 Å². The Morgan fingerprint density at radius 3 is 2.73 bits per heavy atom. The van der Waals surface area contributed by atoms with E-state index < -0.39 is 10.0 Å². The highest BCUT2D eigenvalue weighted by Gasteiger charge is 2.27. The molecule has 3 N–H and O–H groups in total. The molecule has 0 saturated carbocycles. The molecule has 1 aliphatic heterocycles. The molecule has 1 fully saturated rings. The van der Waals surface area contributed by atoms with Gasteiger partial charge in [0, 0.05) is 38.3 Å². The first-order valence-corrected chi connectivity index (χ1v) is 11.5. The lowest BCUT2D eigenvalue weighted by Crippen LogP contribution is -2.49. The molecule has 1 aliphatic rings. The Balaban J connectivity index is 0.00000320. The monoisotopic (exact) mass is 547 g/mol. The van der Waals surface area contributed by atoms with Crippen molar-refractivity contribution in [2.45, 2.75) is 38.8 Å². The van der Waals surface area contributed by atoms with Gasteiger partial charge in [-0.2, -0.15) is 5.10 Å². The summed E-state index contributed by atoms with van der Waals surface area (Å²) in [4.78, 5) is 8.48. The number of rotatable bonds is 7. The largest absolute Gasteiger partial charge is 0.354 e. The van der Waals surface area contributed by atoms with Gasteiger partial charge in [-0.1, -0.05) is 25.1 Å². The van der Waals surface area contributed by atoms with E-state index in [1.165, 1.54) is 6.33 Å². The molecule has 2 heterocycles. The fraction of sp³-hybridized carbons (Fsp3) is 0.526. The molecule has 1 aromatic heterocycles. The Kier molecular flexibility index (Phi) is 9.49. The van der Waals surface area contributed by atoms with Gasteiger partial charge in [0.1, 0.15) is 6.33 Å². The molecule has 0 bridgehead atoms. The normalized spacial score (nSPS) is 16.1. The summed E-state index contributed by atoms with van der Waals surface area (Å²) in [6.45, 7) is 3.61. The first-order valence-electron chi connectivity index (χ1n) is 9.91. The maximum absolute atomic E-state index is 12.2. The van der Waals surface area contributed by atoms with E-state index >= 15 is 0 Å². The maximum Gasteiger partial charge on any atom is 0.214 e. The fourth-order valence-corrected chi connectivity index (χ4v) is 4.95. The van der Waals surface area contributed by atoms with Crippen molar-refractivity contribution >= 4 is 40.0 Å². The second kappa shape index (κ2) is 11.6. The lowest BCUT2D eigenvalue weighted by molar-refractivity contribution is 0.306. The quantitative estimate of drug-likeness (QED) is 0.278. The Morgan fingerprint density at radius 2 is 2.10 bits per heavy atom. The molecule has 166 valence electrons. The Labute approximate surface area is 195 Å². The van der Waals surface area contributed by atoms with E-state index in [1.807, 2.05) is 25.1 Å². The van der Waals surface area contributed by atoms with Crippen molar-refractivity contribution in [3.63, 3.8) is 0 Å². The van der Waals surface area contributed by atoms with Crippen LogP contribution in [0.5, 0.6) is 0 Å². The van der Waals surface area contributed by atoms with Crippen molar-refractivity contribution in [2.24, 2.45) is 4.99 Å². The third-order valence-electron chi connectivity index (χ3n) is 4.95. The van der Waals surface area contributed by atoms with Gasteiger partial charge in [0.2, 0.25) is 10.0 Å². The van der Waals surface area contributed by atoms with Gasteiger partial charge in [0.15, 0.2) is 11.8 Å². The number of hydrogen-bond donors (Lipinski definition) is 3. The number of nitrogens with one attached hydrogen (secondary N) is 3. The summed E-state index contributed by atoms with van der Waals surface area (Å²) in [7, 11) is -1.38. The molecule has 0 aliphatic carbocycles. The van der Waals surface area contributed by atoms with Gasteiger partial charge in [-0.3, -0.25) is 10.1 Å². The molecule has 0 unspecified atom stereocenters. The Hall–Kier alpha value is -1.73. The summed E-state index contributed by atoms with van der Waals surface area (Å²) in [5.41, 5.74) is 2.08. The molecule has 2 aromatic rings. The first-order chi connectivity index (χ1) is 14.0. The number of piperidine rings is 1. The van der Waals surface area contributed by atoms with E-state index in [2.05, 4.69) is 36.9 Å². The summed E-state index contributed by atoms with van der Waals surface area (Å²) in [6.07, 6.45) is 3.68. The predicted octanol–water partition coefficient (Wildman–Crippen LogP) is 1.96. The van der Waals surface area contributed by atoms with E-state index in [1.54, 1.807) is 11.4 Å². The standard InChI is InChI=1S/C19H29N7O2S.HI/c1-3-11-29(27,28)26-9-7-17(8-10-26)24-19(20-2)21-13-15-5-4-6-16(12-15)18-22-14-23-25-18;/h4-6,12,14,17H,3,7-11,13H2,1-2H3,(H2,20,21,24)(H,22,23,25);1H. The van der Waals surface area contributed by atoms with E-state index in [9.17, 15) is 8.42 Å².